The molecule has 14 heteroatoms. The summed E-state index contributed by atoms with van der Waals surface area (Å²) in [7, 11) is -4.05. The number of hydrogen-bond acceptors (Lipinski definition) is 8. The quantitative estimate of drug-likeness (QED) is 0.238. The fourth-order valence-corrected chi connectivity index (χ4v) is 5.49. The number of halogens is 5. The van der Waals surface area contributed by atoms with Crippen LogP contribution in [0.1, 0.15) is 24.1 Å². The van der Waals surface area contributed by atoms with Crippen molar-refractivity contribution in [1.82, 2.24) is 14.9 Å². The van der Waals surface area contributed by atoms with E-state index in [4.69, 9.17) is 16.3 Å². The second kappa shape index (κ2) is 10.0. The topological polar surface area (TPSA) is 84.9 Å². The number of hydrogen-bond donors (Lipinski definition) is 0. The molecule has 2 aromatic carbocycles. The minimum atomic E-state index is -5.97. The van der Waals surface area contributed by atoms with Crippen LogP contribution in [-0.2, 0) is 23.1 Å². The highest BCUT2D eigenvalue weighted by Crippen LogP contribution is 2.38. The Labute approximate surface area is 221 Å². The van der Waals surface area contributed by atoms with E-state index >= 15 is 0 Å². The third-order valence-corrected chi connectivity index (χ3v) is 8.12. The second-order valence-electron chi connectivity index (χ2n) is 9.22. The summed E-state index contributed by atoms with van der Waals surface area (Å²) in [5.41, 5.74) is -4.69. The number of nitrogens with zero attached hydrogens (tertiary/aromatic N) is 4. The Morgan fingerprint density at radius 3 is 2.66 bits per heavy atom. The number of fused-ring (bicyclic) bond motifs is 2. The van der Waals surface area contributed by atoms with E-state index in [1.165, 1.54) is 6.07 Å². The van der Waals surface area contributed by atoms with Crippen LogP contribution in [0.4, 0.5) is 23.2 Å². The van der Waals surface area contributed by atoms with Gasteiger partial charge in [0.1, 0.15) is 12.4 Å². The molecule has 0 bridgehead atoms. The Bertz CT molecular complexity index is 1490. The minimum Gasteiger partial charge on any atom is -0.462 e. The molecule has 0 spiro atoms. The first-order valence-corrected chi connectivity index (χ1v) is 13.6. The van der Waals surface area contributed by atoms with Crippen LogP contribution < -0.4 is 13.8 Å². The van der Waals surface area contributed by atoms with Crippen LogP contribution >= 0.6 is 11.6 Å². The van der Waals surface area contributed by atoms with Gasteiger partial charge in [0.25, 0.3) is 0 Å². The average Bonchev–Trinajstić information content (AvgIpc) is 3.28. The van der Waals surface area contributed by atoms with Gasteiger partial charge in [-0.15, -0.1) is 0 Å². The predicted molar refractivity (Wildman–Crippen MR) is 132 cm³/mol. The van der Waals surface area contributed by atoms with Crippen molar-refractivity contribution in [3.8, 4) is 11.9 Å². The Hall–Kier alpha value is -2.90. The van der Waals surface area contributed by atoms with Gasteiger partial charge in [0.2, 0.25) is 5.88 Å². The zero-order chi connectivity index (χ0) is 27.2. The first-order valence-electron chi connectivity index (χ1n) is 11.8. The molecule has 0 radical (unpaired) electrons. The summed E-state index contributed by atoms with van der Waals surface area (Å²) in [5, 5.41) is 1.12. The third-order valence-electron chi connectivity index (χ3n) is 6.81. The van der Waals surface area contributed by atoms with Crippen molar-refractivity contribution in [1.29, 1.82) is 0 Å². The lowest BCUT2D eigenvalue weighted by Crippen LogP contribution is -2.34. The Morgan fingerprint density at radius 2 is 1.95 bits per heavy atom. The average molecular weight is 575 g/mol. The number of benzene rings is 2. The first-order chi connectivity index (χ1) is 17.9. The van der Waals surface area contributed by atoms with Crippen molar-refractivity contribution < 1.29 is 34.9 Å². The maximum Gasteiger partial charge on any atom is 0.534 e. The molecular weight excluding hydrogens is 552 g/mol. The van der Waals surface area contributed by atoms with Gasteiger partial charge in [0, 0.05) is 29.2 Å². The van der Waals surface area contributed by atoms with Gasteiger partial charge in [-0.1, -0.05) is 29.8 Å². The van der Waals surface area contributed by atoms with Crippen molar-refractivity contribution in [3.63, 3.8) is 0 Å². The summed E-state index contributed by atoms with van der Waals surface area (Å²) in [5.74, 6) is -1.31. The van der Waals surface area contributed by atoms with E-state index in [9.17, 15) is 26.0 Å². The number of alkyl halides is 3. The summed E-state index contributed by atoms with van der Waals surface area (Å²) >= 11 is 6.29. The van der Waals surface area contributed by atoms with Crippen LogP contribution in [0.15, 0.2) is 30.3 Å². The molecule has 0 aliphatic carbocycles. The molecule has 3 heterocycles. The number of aromatic nitrogens is 2. The molecule has 204 valence electrons. The van der Waals surface area contributed by atoms with Gasteiger partial charge in [-0.3, -0.25) is 0 Å². The second-order valence-corrected chi connectivity index (χ2v) is 11.1. The summed E-state index contributed by atoms with van der Waals surface area (Å²) in [4.78, 5) is 12.2. The van der Waals surface area contributed by atoms with Gasteiger partial charge in [-0.25, -0.2) is 4.39 Å². The van der Waals surface area contributed by atoms with E-state index in [0.717, 1.165) is 19.4 Å². The Balaban J connectivity index is 1.52. The number of rotatable bonds is 6. The van der Waals surface area contributed by atoms with E-state index in [0.29, 0.717) is 16.5 Å². The molecule has 0 saturated carbocycles. The molecule has 2 aliphatic heterocycles. The van der Waals surface area contributed by atoms with Crippen molar-refractivity contribution in [2.75, 3.05) is 31.6 Å². The largest absolute Gasteiger partial charge is 0.534 e. The lowest BCUT2D eigenvalue weighted by Gasteiger charge is -2.31. The van der Waals surface area contributed by atoms with Gasteiger partial charge in [-0.05, 0) is 50.4 Å². The molecule has 2 aliphatic rings. The van der Waals surface area contributed by atoms with Crippen LogP contribution in [0.25, 0.3) is 10.8 Å². The van der Waals surface area contributed by atoms with E-state index < -0.39 is 27.3 Å². The Kier molecular flexibility index (Phi) is 7.03. The SMILES string of the molecule is CN1CCC[C@H]1COc1nc2c(c(OS(=O)(=O)C(F)(F)F)n1)CCN(c1cccc3ccc(F)c(Cl)c13)C2. The van der Waals surface area contributed by atoms with Gasteiger partial charge >= 0.3 is 21.6 Å². The summed E-state index contributed by atoms with van der Waals surface area (Å²) in [6.45, 7) is 1.33. The van der Waals surface area contributed by atoms with E-state index in [1.54, 1.807) is 24.3 Å². The molecule has 1 saturated heterocycles. The van der Waals surface area contributed by atoms with Crippen LogP contribution in [0.2, 0.25) is 5.02 Å². The molecule has 0 N–H and O–H groups in total. The number of ether oxygens (including phenoxy) is 1. The normalized spacial score (nSPS) is 18.6. The van der Waals surface area contributed by atoms with Gasteiger partial charge in [0.15, 0.2) is 0 Å². The van der Waals surface area contributed by atoms with Crippen molar-refractivity contribution in [2.24, 2.45) is 0 Å². The zero-order valence-electron chi connectivity index (χ0n) is 20.1. The maximum atomic E-state index is 14.3. The molecule has 38 heavy (non-hydrogen) atoms. The smallest absolute Gasteiger partial charge is 0.462 e. The number of anilines is 1. The first kappa shape index (κ1) is 26.7. The molecule has 0 amide bonds. The number of likely N-dealkylation sites (tertiary alicyclic amines) is 1. The van der Waals surface area contributed by atoms with E-state index in [-0.39, 0.29) is 54.4 Å². The van der Waals surface area contributed by atoms with Crippen LogP contribution in [-0.4, -0.2) is 61.6 Å². The zero-order valence-corrected chi connectivity index (χ0v) is 21.7. The van der Waals surface area contributed by atoms with Gasteiger partial charge in [0.05, 0.1) is 17.3 Å². The highest BCUT2D eigenvalue weighted by molar-refractivity contribution is 7.87. The van der Waals surface area contributed by atoms with Gasteiger partial charge < -0.3 is 18.7 Å². The monoisotopic (exact) mass is 574 g/mol. The molecule has 1 fully saturated rings. The fourth-order valence-electron chi connectivity index (χ4n) is 4.78. The van der Waals surface area contributed by atoms with Crippen molar-refractivity contribution in [2.45, 2.75) is 37.4 Å². The standard InChI is InChI=1S/C24H23ClF4N4O4S/c1-32-10-3-5-15(32)13-36-23-30-18-12-33(19-6-2-4-14-7-8-17(26)21(25)20(14)19)11-9-16(18)22(31-23)37-38(34,35)24(27,28)29/h2,4,6-8,15H,3,5,9-13H2,1H3/t15-/m0/s1. The fraction of sp³-hybridized carbons (Fsp3) is 0.417. The highest BCUT2D eigenvalue weighted by Gasteiger charge is 2.49. The van der Waals surface area contributed by atoms with E-state index in [1.807, 2.05) is 11.9 Å². The lowest BCUT2D eigenvalue weighted by molar-refractivity contribution is -0.0502. The summed E-state index contributed by atoms with van der Waals surface area (Å²) in [6, 6.07) is 7.94. The van der Waals surface area contributed by atoms with Crippen LogP contribution in [0, 0.1) is 5.82 Å². The third kappa shape index (κ3) is 5.06. The lowest BCUT2D eigenvalue weighted by atomic mass is 10.0. The molecule has 1 aromatic heterocycles. The summed E-state index contributed by atoms with van der Waals surface area (Å²) in [6.07, 6.45) is 1.89. The Morgan fingerprint density at radius 1 is 1.16 bits per heavy atom. The molecule has 8 nitrogen and oxygen atoms in total. The molecule has 1 atom stereocenters. The van der Waals surface area contributed by atoms with Gasteiger partial charge in [-0.2, -0.15) is 31.6 Å². The van der Waals surface area contributed by atoms with E-state index in [2.05, 4.69) is 19.1 Å². The number of likely N-dealkylation sites (N-methyl/N-ethyl adjacent to an activating group) is 1. The summed E-state index contributed by atoms with van der Waals surface area (Å²) < 4.78 is 87.4. The molecular formula is C24H23ClF4N4O4S. The van der Waals surface area contributed by atoms with Crippen molar-refractivity contribution in [3.05, 3.63) is 52.4 Å². The highest BCUT2D eigenvalue weighted by atomic mass is 35.5. The van der Waals surface area contributed by atoms with Crippen molar-refractivity contribution >= 4 is 38.2 Å². The van der Waals surface area contributed by atoms with Crippen LogP contribution in [0.3, 0.4) is 0 Å². The predicted octanol–water partition coefficient (Wildman–Crippen LogP) is 4.69. The maximum absolute atomic E-state index is 14.3. The minimum absolute atomic E-state index is 0.0475. The molecule has 5 rings (SSSR count). The molecule has 3 aromatic rings. The molecule has 0 unspecified atom stereocenters. The van der Waals surface area contributed by atoms with Crippen LogP contribution in [0.5, 0.6) is 11.9 Å².